The number of hydrogen-bond donors (Lipinski definition) is 2. The molecule has 2 N–H and O–H groups in total. The van der Waals surface area contributed by atoms with E-state index in [1.807, 2.05) is 19.9 Å². The number of aromatic nitrogens is 2. The molecule has 2 amide bonds. The molecule has 0 bridgehead atoms. The van der Waals surface area contributed by atoms with Gasteiger partial charge in [0.2, 0.25) is 11.0 Å². The highest BCUT2D eigenvalue weighted by Gasteiger charge is 2.29. The van der Waals surface area contributed by atoms with Crippen LogP contribution in [0.2, 0.25) is 0 Å². The number of rotatable bonds is 4. The van der Waals surface area contributed by atoms with Crippen molar-refractivity contribution in [1.29, 1.82) is 0 Å². The van der Waals surface area contributed by atoms with Gasteiger partial charge in [-0.3, -0.25) is 9.59 Å². The van der Waals surface area contributed by atoms with Crippen LogP contribution in [0.15, 0.2) is 24.3 Å². The fourth-order valence-corrected chi connectivity index (χ4v) is 2.85. The number of anilines is 2. The Morgan fingerprint density at radius 1 is 1.39 bits per heavy atom. The molecule has 0 radical (unpaired) electrons. The van der Waals surface area contributed by atoms with Crippen molar-refractivity contribution < 1.29 is 14.3 Å². The standard InChI is InChI=1S/C15H16N4O3S/c1-8(2)14-18-19-15(23-14)17-12(20)7-11-13(21)16-9-5-3-4-6-10(9)22-11/h3-6,8,11H,7H2,1-2H3,(H,16,21)(H,17,19,20). The lowest BCUT2D eigenvalue weighted by molar-refractivity contribution is -0.128. The van der Waals surface area contributed by atoms with Crippen LogP contribution in [0.3, 0.4) is 0 Å². The van der Waals surface area contributed by atoms with Crippen molar-refractivity contribution in [3.8, 4) is 5.75 Å². The molecule has 120 valence electrons. The van der Waals surface area contributed by atoms with Crippen LogP contribution >= 0.6 is 11.3 Å². The van der Waals surface area contributed by atoms with E-state index >= 15 is 0 Å². The van der Waals surface area contributed by atoms with Gasteiger partial charge in [0.15, 0.2) is 6.10 Å². The van der Waals surface area contributed by atoms with Gasteiger partial charge < -0.3 is 15.4 Å². The number of hydrogen-bond acceptors (Lipinski definition) is 6. The van der Waals surface area contributed by atoms with Gasteiger partial charge in [-0.25, -0.2) is 0 Å². The molecule has 2 heterocycles. The summed E-state index contributed by atoms with van der Waals surface area (Å²) in [6.45, 7) is 4.01. The zero-order valence-electron chi connectivity index (χ0n) is 12.7. The van der Waals surface area contributed by atoms with Crippen LogP contribution in [0, 0.1) is 0 Å². The SMILES string of the molecule is CC(C)c1nnc(NC(=O)CC2Oc3ccccc3NC2=O)s1. The number of para-hydroxylation sites is 2. The summed E-state index contributed by atoms with van der Waals surface area (Å²) in [5.74, 6) is 0.139. The molecule has 23 heavy (non-hydrogen) atoms. The molecule has 1 unspecified atom stereocenters. The third kappa shape index (κ3) is 3.48. The van der Waals surface area contributed by atoms with Crippen molar-refractivity contribution in [1.82, 2.24) is 10.2 Å². The summed E-state index contributed by atoms with van der Waals surface area (Å²) in [4.78, 5) is 24.1. The van der Waals surface area contributed by atoms with Crippen LogP contribution in [0.25, 0.3) is 0 Å². The van der Waals surface area contributed by atoms with E-state index in [-0.39, 0.29) is 24.2 Å². The highest BCUT2D eigenvalue weighted by molar-refractivity contribution is 7.15. The van der Waals surface area contributed by atoms with Gasteiger partial charge in [-0.2, -0.15) is 0 Å². The Morgan fingerprint density at radius 3 is 2.91 bits per heavy atom. The van der Waals surface area contributed by atoms with Crippen LogP contribution in [0.4, 0.5) is 10.8 Å². The summed E-state index contributed by atoms with van der Waals surface area (Å²) in [6, 6.07) is 7.11. The van der Waals surface area contributed by atoms with Crippen LogP contribution in [0.1, 0.15) is 31.2 Å². The van der Waals surface area contributed by atoms with E-state index in [1.165, 1.54) is 11.3 Å². The lowest BCUT2D eigenvalue weighted by Crippen LogP contribution is -2.39. The second-order valence-electron chi connectivity index (χ2n) is 5.44. The number of nitrogens with one attached hydrogen (secondary N) is 2. The summed E-state index contributed by atoms with van der Waals surface area (Å²) in [6.07, 6.45) is -0.945. The Morgan fingerprint density at radius 2 is 2.17 bits per heavy atom. The molecule has 7 nitrogen and oxygen atoms in total. The molecule has 1 atom stereocenters. The van der Waals surface area contributed by atoms with Crippen molar-refractivity contribution in [2.45, 2.75) is 32.3 Å². The van der Waals surface area contributed by atoms with Crippen molar-refractivity contribution in [2.24, 2.45) is 0 Å². The lowest BCUT2D eigenvalue weighted by atomic mass is 10.1. The fourth-order valence-electron chi connectivity index (χ4n) is 2.08. The minimum atomic E-state index is -0.859. The first-order valence-corrected chi connectivity index (χ1v) is 8.04. The first kappa shape index (κ1) is 15.4. The molecule has 0 spiro atoms. The molecule has 2 aromatic rings. The summed E-state index contributed by atoms with van der Waals surface area (Å²) in [5, 5.41) is 14.6. The molecule has 1 aliphatic rings. The minimum absolute atomic E-state index is 0.0865. The number of carbonyl (C=O) groups is 2. The third-order valence-electron chi connectivity index (χ3n) is 3.26. The fraction of sp³-hybridized carbons (Fsp3) is 0.333. The number of ether oxygens (including phenoxy) is 1. The maximum Gasteiger partial charge on any atom is 0.266 e. The maximum atomic E-state index is 12.1. The van der Waals surface area contributed by atoms with Gasteiger partial charge in [0, 0.05) is 5.92 Å². The molecule has 1 aromatic carbocycles. The van der Waals surface area contributed by atoms with E-state index < -0.39 is 6.10 Å². The molecule has 1 aliphatic heterocycles. The van der Waals surface area contributed by atoms with Gasteiger partial charge in [-0.15, -0.1) is 10.2 Å². The Kier molecular flexibility index (Phi) is 4.24. The van der Waals surface area contributed by atoms with Gasteiger partial charge in [0.1, 0.15) is 10.8 Å². The van der Waals surface area contributed by atoms with E-state index in [1.54, 1.807) is 18.2 Å². The Labute approximate surface area is 137 Å². The van der Waals surface area contributed by atoms with Gasteiger partial charge >= 0.3 is 0 Å². The number of carbonyl (C=O) groups excluding carboxylic acids is 2. The average molecular weight is 332 g/mol. The molecule has 0 aliphatic carbocycles. The highest BCUT2D eigenvalue weighted by atomic mass is 32.1. The predicted molar refractivity (Wildman–Crippen MR) is 86.7 cm³/mol. The van der Waals surface area contributed by atoms with Gasteiger partial charge in [0.05, 0.1) is 12.1 Å². The molecule has 8 heteroatoms. The van der Waals surface area contributed by atoms with Crippen molar-refractivity contribution in [3.63, 3.8) is 0 Å². The van der Waals surface area contributed by atoms with Gasteiger partial charge in [0.25, 0.3) is 5.91 Å². The van der Waals surface area contributed by atoms with Crippen molar-refractivity contribution in [2.75, 3.05) is 10.6 Å². The highest BCUT2D eigenvalue weighted by Crippen LogP contribution is 2.30. The third-order valence-corrected chi connectivity index (χ3v) is 4.40. The van der Waals surface area contributed by atoms with Gasteiger partial charge in [-0.05, 0) is 12.1 Å². The van der Waals surface area contributed by atoms with E-state index in [9.17, 15) is 9.59 Å². The van der Waals surface area contributed by atoms with Gasteiger partial charge in [-0.1, -0.05) is 37.3 Å². The Bertz CT molecular complexity index is 744. The zero-order valence-corrected chi connectivity index (χ0v) is 13.5. The topological polar surface area (TPSA) is 93.2 Å². The monoisotopic (exact) mass is 332 g/mol. The largest absolute Gasteiger partial charge is 0.478 e. The quantitative estimate of drug-likeness (QED) is 0.897. The predicted octanol–water partition coefficient (Wildman–Crippen LogP) is 2.39. The number of amides is 2. The summed E-state index contributed by atoms with van der Waals surface area (Å²) in [7, 11) is 0. The molecule has 1 aromatic heterocycles. The minimum Gasteiger partial charge on any atom is -0.478 e. The molecule has 0 saturated carbocycles. The van der Waals surface area contributed by atoms with Crippen LogP contribution in [0.5, 0.6) is 5.75 Å². The Balaban J connectivity index is 1.62. The van der Waals surface area contributed by atoms with E-state index in [0.717, 1.165) is 5.01 Å². The normalized spacial score (nSPS) is 16.5. The summed E-state index contributed by atoms with van der Waals surface area (Å²) >= 11 is 1.33. The first-order valence-electron chi connectivity index (χ1n) is 7.22. The molecule has 0 fully saturated rings. The van der Waals surface area contributed by atoms with E-state index in [2.05, 4.69) is 20.8 Å². The molecule has 3 rings (SSSR count). The molecular weight excluding hydrogens is 316 g/mol. The smallest absolute Gasteiger partial charge is 0.266 e. The summed E-state index contributed by atoms with van der Waals surface area (Å²) in [5.41, 5.74) is 0.611. The van der Waals surface area contributed by atoms with Crippen molar-refractivity contribution in [3.05, 3.63) is 29.3 Å². The molecule has 0 saturated heterocycles. The van der Waals surface area contributed by atoms with Crippen molar-refractivity contribution >= 4 is 34.0 Å². The Hall–Kier alpha value is -2.48. The number of fused-ring (bicyclic) bond motifs is 1. The lowest BCUT2D eigenvalue weighted by Gasteiger charge is -2.25. The maximum absolute atomic E-state index is 12.1. The van der Waals surface area contributed by atoms with Crippen LogP contribution in [-0.2, 0) is 9.59 Å². The first-order chi connectivity index (χ1) is 11.0. The number of nitrogens with zero attached hydrogens (tertiary/aromatic N) is 2. The average Bonchev–Trinajstić information content (AvgIpc) is 2.96. The zero-order chi connectivity index (χ0) is 16.4. The van der Waals surface area contributed by atoms with Crippen LogP contribution < -0.4 is 15.4 Å². The summed E-state index contributed by atoms with van der Waals surface area (Å²) < 4.78 is 5.59. The second-order valence-corrected chi connectivity index (χ2v) is 6.45. The van der Waals surface area contributed by atoms with Crippen LogP contribution in [-0.4, -0.2) is 28.1 Å². The van der Waals surface area contributed by atoms with E-state index in [0.29, 0.717) is 16.6 Å². The molecular formula is C15H16N4O3S. The second kappa shape index (κ2) is 6.33. The van der Waals surface area contributed by atoms with E-state index in [4.69, 9.17) is 4.74 Å². The number of benzene rings is 1.